The van der Waals surface area contributed by atoms with Crippen LogP contribution in [0, 0.1) is 11.8 Å². The number of carbonyl (C=O) groups excluding carboxylic acids is 3. The van der Waals surface area contributed by atoms with Crippen molar-refractivity contribution in [3.8, 4) is 0 Å². The third kappa shape index (κ3) is 4.72. The molecular weight excluding hydrogens is 476 g/mol. The number of nitrogens with zero attached hydrogens (tertiary/aromatic N) is 2. The maximum atomic E-state index is 13.8. The molecule has 2 bridgehead atoms. The molecule has 1 aromatic carbocycles. The van der Waals surface area contributed by atoms with Gasteiger partial charge in [0.1, 0.15) is 6.04 Å². The molecule has 198 valence electrons. The Kier molecular flexibility index (Phi) is 8.50. The Labute approximate surface area is 218 Å². The number of amides is 3. The van der Waals surface area contributed by atoms with Crippen LogP contribution < -0.4 is 15.5 Å². The molecule has 1 spiro atoms. The van der Waals surface area contributed by atoms with Crippen LogP contribution in [-0.4, -0.2) is 76.6 Å². The molecule has 9 heteroatoms. The van der Waals surface area contributed by atoms with Gasteiger partial charge in [-0.3, -0.25) is 14.4 Å². The van der Waals surface area contributed by atoms with E-state index in [9.17, 15) is 19.5 Å². The largest absolute Gasteiger partial charge is 0.396 e. The zero-order chi connectivity index (χ0) is 25.9. The number of hydrogen-bond donors (Lipinski definition) is 3. The Morgan fingerprint density at radius 3 is 2.50 bits per heavy atom. The average Bonchev–Trinajstić information content (AvgIpc) is 3.52. The van der Waals surface area contributed by atoms with Crippen molar-refractivity contribution in [2.24, 2.45) is 11.8 Å². The minimum Gasteiger partial charge on any atom is -0.396 e. The van der Waals surface area contributed by atoms with Crippen LogP contribution in [0.4, 0.5) is 11.4 Å². The lowest BCUT2D eigenvalue weighted by Crippen LogP contribution is -2.51. The normalized spacial score (nSPS) is 28.3. The SMILES string of the molecule is CCCNC(=O)[C@@H]1[C@H]2C(=O)N(CCCCO)C(C(=O)Nc3ccc(N(CC)CC)cc3)C23CC[C@H]1S3. The number of likely N-dealkylation sites (tertiary alicyclic amines) is 1. The van der Waals surface area contributed by atoms with Gasteiger partial charge in [-0.15, -0.1) is 11.8 Å². The number of nitrogens with one attached hydrogen (secondary N) is 2. The summed E-state index contributed by atoms with van der Waals surface area (Å²) in [6.45, 7) is 9.10. The highest BCUT2D eigenvalue weighted by atomic mass is 32.2. The van der Waals surface area contributed by atoms with E-state index in [0.29, 0.717) is 31.6 Å². The summed E-state index contributed by atoms with van der Waals surface area (Å²) in [7, 11) is 0. The van der Waals surface area contributed by atoms with Crippen LogP contribution in [0.3, 0.4) is 0 Å². The molecule has 3 N–H and O–H groups in total. The van der Waals surface area contributed by atoms with E-state index in [4.69, 9.17) is 0 Å². The molecule has 0 radical (unpaired) electrons. The molecule has 3 saturated heterocycles. The zero-order valence-electron chi connectivity index (χ0n) is 21.7. The quantitative estimate of drug-likeness (QED) is 0.369. The van der Waals surface area contributed by atoms with Crippen LogP contribution >= 0.6 is 11.8 Å². The van der Waals surface area contributed by atoms with Crippen molar-refractivity contribution < 1.29 is 19.5 Å². The number of rotatable bonds is 12. The lowest BCUT2D eigenvalue weighted by atomic mass is 9.70. The highest BCUT2D eigenvalue weighted by Gasteiger charge is 2.73. The van der Waals surface area contributed by atoms with Gasteiger partial charge >= 0.3 is 0 Å². The Balaban J connectivity index is 1.59. The molecule has 0 aliphatic carbocycles. The fourth-order valence-corrected chi connectivity index (χ4v) is 8.53. The summed E-state index contributed by atoms with van der Waals surface area (Å²) in [5, 5.41) is 15.4. The van der Waals surface area contributed by atoms with Gasteiger partial charge in [0.25, 0.3) is 0 Å². The second-order valence-electron chi connectivity index (χ2n) is 10.0. The number of benzene rings is 1. The summed E-state index contributed by atoms with van der Waals surface area (Å²) in [6.07, 6.45) is 3.62. The van der Waals surface area contributed by atoms with Crippen LogP contribution in [0.1, 0.15) is 52.9 Å². The van der Waals surface area contributed by atoms with Crippen molar-refractivity contribution in [3.05, 3.63) is 24.3 Å². The summed E-state index contributed by atoms with van der Waals surface area (Å²) < 4.78 is -0.583. The van der Waals surface area contributed by atoms with Crippen LogP contribution in [0.5, 0.6) is 0 Å². The first-order valence-electron chi connectivity index (χ1n) is 13.4. The molecule has 0 aromatic heterocycles. The number of hydrogen-bond acceptors (Lipinski definition) is 6. The molecular formula is C27H40N4O4S. The number of carbonyl (C=O) groups is 3. The molecule has 3 amide bonds. The first kappa shape index (κ1) is 26.8. The monoisotopic (exact) mass is 516 g/mol. The number of aliphatic hydroxyl groups excluding tert-OH is 1. The van der Waals surface area contributed by atoms with E-state index in [2.05, 4.69) is 29.4 Å². The van der Waals surface area contributed by atoms with Gasteiger partial charge in [-0.2, -0.15) is 0 Å². The van der Waals surface area contributed by atoms with Crippen LogP contribution in [-0.2, 0) is 14.4 Å². The van der Waals surface area contributed by atoms with E-state index in [1.54, 1.807) is 16.7 Å². The summed E-state index contributed by atoms with van der Waals surface area (Å²) in [5.41, 5.74) is 1.80. The van der Waals surface area contributed by atoms with Gasteiger partial charge in [0, 0.05) is 49.4 Å². The predicted molar refractivity (Wildman–Crippen MR) is 144 cm³/mol. The van der Waals surface area contributed by atoms with Gasteiger partial charge in [-0.25, -0.2) is 0 Å². The predicted octanol–water partition coefficient (Wildman–Crippen LogP) is 2.86. The third-order valence-corrected chi connectivity index (χ3v) is 9.92. The number of anilines is 2. The van der Waals surface area contributed by atoms with E-state index in [1.807, 2.05) is 31.2 Å². The molecule has 3 aliphatic rings. The van der Waals surface area contributed by atoms with E-state index in [-0.39, 0.29) is 29.6 Å². The van der Waals surface area contributed by atoms with Gasteiger partial charge in [0.05, 0.1) is 16.6 Å². The topological polar surface area (TPSA) is 102 Å². The summed E-state index contributed by atoms with van der Waals surface area (Å²) in [4.78, 5) is 44.7. The smallest absolute Gasteiger partial charge is 0.248 e. The first-order valence-corrected chi connectivity index (χ1v) is 14.3. The molecule has 8 nitrogen and oxygen atoms in total. The molecule has 3 fully saturated rings. The molecule has 2 unspecified atom stereocenters. The van der Waals surface area contributed by atoms with Gasteiger partial charge in [-0.1, -0.05) is 6.92 Å². The van der Waals surface area contributed by atoms with Crippen LogP contribution in [0.25, 0.3) is 0 Å². The summed E-state index contributed by atoms with van der Waals surface area (Å²) in [5.74, 6) is -1.20. The Bertz CT molecular complexity index is 954. The molecule has 0 saturated carbocycles. The fourth-order valence-electron chi connectivity index (χ4n) is 6.31. The van der Waals surface area contributed by atoms with Gasteiger partial charge in [0.2, 0.25) is 17.7 Å². The Morgan fingerprint density at radius 1 is 1.14 bits per heavy atom. The maximum Gasteiger partial charge on any atom is 0.248 e. The minimum absolute atomic E-state index is 0.0468. The van der Waals surface area contributed by atoms with Gasteiger partial charge in [-0.05, 0) is 70.2 Å². The number of unbranched alkanes of at least 4 members (excludes halogenated alkanes) is 1. The molecule has 4 rings (SSSR count). The molecule has 5 atom stereocenters. The van der Waals surface area contributed by atoms with Crippen molar-refractivity contribution in [1.29, 1.82) is 0 Å². The average molecular weight is 517 g/mol. The van der Waals surface area contributed by atoms with E-state index >= 15 is 0 Å². The van der Waals surface area contributed by atoms with E-state index < -0.39 is 22.6 Å². The number of thioether (sulfide) groups is 1. The van der Waals surface area contributed by atoms with Crippen molar-refractivity contribution in [2.75, 3.05) is 43.0 Å². The van der Waals surface area contributed by atoms with Crippen molar-refractivity contribution in [1.82, 2.24) is 10.2 Å². The fraction of sp³-hybridized carbons (Fsp3) is 0.667. The van der Waals surface area contributed by atoms with Crippen molar-refractivity contribution in [3.63, 3.8) is 0 Å². The molecule has 3 aliphatic heterocycles. The highest BCUT2D eigenvalue weighted by molar-refractivity contribution is 8.02. The first-order chi connectivity index (χ1) is 17.4. The lowest BCUT2D eigenvalue weighted by Gasteiger charge is -2.34. The van der Waals surface area contributed by atoms with Gasteiger partial charge in [0.15, 0.2) is 0 Å². The number of aliphatic hydroxyl groups is 1. The Morgan fingerprint density at radius 2 is 1.86 bits per heavy atom. The van der Waals surface area contributed by atoms with E-state index in [1.165, 1.54) is 0 Å². The lowest BCUT2D eigenvalue weighted by molar-refractivity contribution is -0.139. The second kappa shape index (κ2) is 11.4. The summed E-state index contributed by atoms with van der Waals surface area (Å²) >= 11 is 1.69. The highest BCUT2D eigenvalue weighted by Crippen LogP contribution is 2.66. The summed E-state index contributed by atoms with van der Waals surface area (Å²) in [6, 6.07) is 7.20. The van der Waals surface area contributed by atoms with Crippen LogP contribution in [0.2, 0.25) is 0 Å². The van der Waals surface area contributed by atoms with Crippen molar-refractivity contribution in [2.45, 2.75) is 68.9 Å². The standard InChI is InChI=1S/C27H40N4O4S/c1-4-15-28-24(33)21-20-13-14-27(36-20)22(21)26(35)31(16-7-8-17-32)23(27)25(34)29-18-9-11-19(12-10-18)30(5-2)6-3/h9-12,20-23,32H,4-8,13-17H2,1-3H3,(H,28,33)(H,29,34)/t20-,21+,22+,23?,27?/m1/s1. The Hall–Kier alpha value is -2.26. The number of fused-ring (bicyclic) bond motifs is 1. The molecule has 3 heterocycles. The zero-order valence-corrected chi connectivity index (χ0v) is 22.5. The maximum absolute atomic E-state index is 13.8. The third-order valence-electron chi connectivity index (χ3n) is 7.97. The second-order valence-corrected chi connectivity index (χ2v) is 11.6. The van der Waals surface area contributed by atoms with Crippen molar-refractivity contribution >= 4 is 40.9 Å². The minimum atomic E-state index is -0.630. The molecule has 1 aromatic rings. The van der Waals surface area contributed by atoms with E-state index in [0.717, 1.165) is 38.0 Å². The molecule has 36 heavy (non-hydrogen) atoms. The van der Waals surface area contributed by atoms with Gasteiger partial charge < -0.3 is 25.5 Å². The van der Waals surface area contributed by atoms with Crippen LogP contribution in [0.15, 0.2) is 24.3 Å².